The van der Waals surface area contributed by atoms with Crippen LogP contribution in [0.1, 0.15) is 28.4 Å². The minimum atomic E-state index is -0.210. The fourth-order valence-corrected chi connectivity index (χ4v) is 1.39. The lowest BCUT2D eigenvalue weighted by Crippen LogP contribution is -2.21. The average Bonchev–Trinajstić information content (AvgIpc) is 2.18. The molecule has 1 aromatic rings. The van der Waals surface area contributed by atoms with Crippen molar-refractivity contribution in [3.63, 3.8) is 0 Å². The maximum Gasteiger partial charge on any atom is 0.274 e. The standard InChI is InChI=1S/C11H15NO2/c1-4-9-5-6-10(7-8(9)2)11(13)12-14-3/h5-7H,4H2,1-3H3,(H,12,13). The second kappa shape index (κ2) is 4.77. The Bertz CT molecular complexity index is 334. The molecule has 1 rings (SSSR count). The lowest BCUT2D eigenvalue weighted by molar-refractivity contribution is 0.0537. The van der Waals surface area contributed by atoms with Crippen molar-refractivity contribution in [2.24, 2.45) is 0 Å². The summed E-state index contributed by atoms with van der Waals surface area (Å²) >= 11 is 0. The Balaban J connectivity index is 2.91. The SMILES string of the molecule is CCc1ccc(C(=O)NOC)cc1C. The minimum Gasteiger partial charge on any atom is -0.277 e. The van der Waals surface area contributed by atoms with Gasteiger partial charge in [0, 0.05) is 5.56 Å². The number of hydroxylamine groups is 1. The average molecular weight is 193 g/mol. The largest absolute Gasteiger partial charge is 0.277 e. The fourth-order valence-electron chi connectivity index (χ4n) is 1.39. The van der Waals surface area contributed by atoms with Crippen molar-refractivity contribution >= 4 is 5.91 Å². The Morgan fingerprint density at radius 2 is 2.21 bits per heavy atom. The number of nitrogens with one attached hydrogen (secondary N) is 1. The van der Waals surface area contributed by atoms with Gasteiger partial charge in [0.1, 0.15) is 0 Å². The minimum absolute atomic E-state index is 0.210. The highest BCUT2D eigenvalue weighted by Crippen LogP contribution is 2.11. The number of aryl methyl sites for hydroxylation is 2. The quantitative estimate of drug-likeness (QED) is 0.744. The molecule has 0 saturated carbocycles. The first-order valence-electron chi connectivity index (χ1n) is 4.62. The Morgan fingerprint density at radius 1 is 1.50 bits per heavy atom. The van der Waals surface area contributed by atoms with Crippen molar-refractivity contribution in [3.8, 4) is 0 Å². The molecule has 0 radical (unpaired) electrons. The van der Waals surface area contributed by atoms with Crippen LogP contribution in [0.3, 0.4) is 0 Å². The van der Waals surface area contributed by atoms with Crippen LogP contribution in [0.15, 0.2) is 18.2 Å². The summed E-state index contributed by atoms with van der Waals surface area (Å²) in [5, 5.41) is 0. The van der Waals surface area contributed by atoms with Gasteiger partial charge in [0.05, 0.1) is 7.11 Å². The number of rotatable bonds is 3. The molecule has 0 unspecified atom stereocenters. The van der Waals surface area contributed by atoms with Gasteiger partial charge in [-0.1, -0.05) is 13.0 Å². The fraction of sp³-hybridized carbons (Fsp3) is 0.364. The molecule has 3 heteroatoms. The third-order valence-electron chi connectivity index (χ3n) is 2.18. The topological polar surface area (TPSA) is 38.3 Å². The third kappa shape index (κ3) is 2.33. The van der Waals surface area contributed by atoms with E-state index in [0.29, 0.717) is 5.56 Å². The van der Waals surface area contributed by atoms with Gasteiger partial charge < -0.3 is 0 Å². The molecule has 14 heavy (non-hydrogen) atoms. The van der Waals surface area contributed by atoms with Crippen LogP contribution in [-0.2, 0) is 11.3 Å². The maximum absolute atomic E-state index is 11.4. The van der Waals surface area contributed by atoms with Crippen molar-refractivity contribution in [2.75, 3.05) is 7.11 Å². The molecule has 0 aliphatic carbocycles. The molecule has 0 spiro atoms. The summed E-state index contributed by atoms with van der Waals surface area (Å²) in [6.45, 7) is 4.10. The maximum atomic E-state index is 11.4. The molecule has 1 N–H and O–H groups in total. The van der Waals surface area contributed by atoms with Crippen molar-refractivity contribution in [2.45, 2.75) is 20.3 Å². The first kappa shape index (κ1) is 10.7. The molecule has 0 aliphatic heterocycles. The van der Waals surface area contributed by atoms with Gasteiger partial charge in [-0.2, -0.15) is 0 Å². The van der Waals surface area contributed by atoms with Gasteiger partial charge in [-0.3, -0.25) is 9.63 Å². The van der Waals surface area contributed by atoms with Crippen LogP contribution >= 0.6 is 0 Å². The lowest BCUT2D eigenvalue weighted by atomic mass is 10.0. The highest BCUT2D eigenvalue weighted by Gasteiger charge is 2.05. The summed E-state index contributed by atoms with van der Waals surface area (Å²) < 4.78 is 0. The summed E-state index contributed by atoms with van der Waals surface area (Å²) in [5.74, 6) is -0.210. The van der Waals surface area contributed by atoms with Crippen LogP contribution in [0.2, 0.25) is 0 Å². The van der Waals surface area contributed by atoms with E-state index < -0.39 is 0 Å². The van der Waals surface area contributed by atoms with E-state index in [2.05, 4.69) is 17.2 Å². The lowest BCUT2D eigenvalue weighted by Gasteiger charge is -2.06. The predicted molar refractivity (Wildman–Crippen MR) is 55.0 cm³/mol. The summed E-state index contributed by atoms with van der Waals surface area (Å²) in [6.07, 6.45) is 0.984. The van der Waals surface area contributed by atoms with Gasteiger partial charge in [0.25, 0.3) is 5.91 Å². The summed E-state index contributed by atoms with van der Waals surface area (Å²) in [5.41, 5.74) is 5.31. The van der Waals surface area contributed by atoms with Gasteiger partial charge in [0.2, 0.25) is 0 Å². The van der Waals surface area contributed by atoms with Crippen molar-refractivity contribution < 1.29 is 9.63 Å². The normalized spacial score (nSPS) is 9.93. The summed E-state index contributed by atoms with van der Waals surface area (Å²) in [4.78, 5) is 15.9. The van der Waals surface area contributed by atoms with Crippen LogP contribution in [0.5, 0.6) is 0 Å². The molecule has 76 valence electrons. The van der Waals surface area contributed by atoms with Crippen LogP contribution in [0.4, 0.5) is 0 Å². The van der Waals surface area contributed by atoms with Gasteiger partial charge in [-0.05, 0) is 36.6 Å². The van der Waals surface area contributed by atoms with Crippen LogP contribution in [0, 0.1) is 6.92 Å². The Hall–Kier alpha value is -1.35. The number of hydrogen-bond donors (Lipinski definition) is 1. The van der Waals surface area contributed by atoms with E-state index in [1.807, 2.05) is 19.1 Å². The van der Waals surface area contributed by atoms with E-state index in [1.165, 1.54) is 12.7 Å². The van der Waals surface area contributed by atoms with E-state index >= 15 is 0 Å². The number of hydrogen-bond acceptors (Lipinski definition) is 2. The van der Waals surface area contributed by atoms with E-state index in [4.69, 9.17) is 0 Å². The second-order valence-corrected chi connectivity index (χ2v) is 3.13. The van der Waals surface area contributed by atoms with Crippen LogP contribution < -0.4 is 5.48 Å². The molecule has 0 atom stereocenters. The first-order valence-corrected chi connectivity index (χ1v) is 4.62. The number of amides is 1. The van der Waals surface area contributed by atoms with Gasteiger partial charge in [0.15, 0.2) is 0 Å². The molecule has 0 saturated heterocycles. The van der Waals surface area contributed by atoms with E-state index in [1.54, 1.807) is 6.07 Å². The van der Waals surface area contributed by atoms with Crippen LogP contribution in [-0.4, -0.2) is 13.0 Å². The number of carbonyl (C=O) groups excluding carboxylic acids is 1. The second-order valence-electron chi connectivity index (χ2n) is 3.13. The monoisotopic (exact) mass is 193 g/mol. The van der Waals surface area contributed by atoms with Gasteiger partial charge >= 0.3 is 0 Å². The summed E-state index contributed by atoms with van der Waals surface area (Å²) in [6, 6.07) is 5.65. The zero-order valence-electron chi connectivity index (χ0n) is 8.76. The third-order valence-corrected chi connectivity index (χ3v) is 2.18. The Kier molecular flexibility index (Phi) is 3.65. The van der Waals surface area contributed by atoms with Crippen LogP contribution in [0.25, 0.3) is 0 Å². The smallest absolute Gasteiger partial charge is 0.274 e. The number of benzene rings is 1. The molecular formula is C11H15NO2. The van der Waals surface area contributed by atoms with E-state index in [0.717, 1.165) is 12.0 Å². The molecule has 1 aromatic carbocycles. The first-order chi connectivity index (χ1) is 6.69. The molecule has 0 aliphatic rings. The van der Waals surface area contributed by atoms with Crippen molar-refractivity contribution in [3.05, 3.63) is 34.9 Å². The molecule has 3 nitrogen and oxygen atoms in total. The number of carbonyl (C=O) groups is 1. The van der Waals surface area contributed by atoms with Gasteiger partial charge in [-0.15, -0.1) is 0 Å². The molecule has 0 aromatic heterocycles. The molecule has 1 amide bonds. The van der Waals surface area contributed by atoms with Crippen molar-refractivity contribution in [1.82, 2.24) is 5.48 Å². The molecule has 0 heterocycles. The molecular weight excluding hydrogens is 178 g/mol. The van der Waals surface area contributed by atoms with E-state index in [-0.39, 0.29) is 5.91 Å². The summed E-state index contributed by atoms with van der Waals surface area (Å²) in [7, 11) is 1.42. The highest BCUT2D eigenvalue weighted by atomic mass is 16.6. The predicted octanol–water partition coefficient (Wildman–Crippen LogP) is 1.85. The molecule has 0 bridgehead atoms. The molecule has 0 fully saturated rings. The van der Waals surface area contributed by atoms with Crippen molar-refractivity contribution in [1.29, 1.82) is 0 Å². The zero-order chi connectivity index (χ0) is 10.6. The van der Waals surface area contributed by atoms with Gasteiger partial charge in [-0.25, -0.2) is 5.48 Å². The zero-order valence-corrected chi connectivity index (χ0v) is 8.76. The Labute approximate surface area is 84.0 Å². The Morgan fingerprint density at radius 3 is 2.71 bits per heavy atom. The van der Waals surface area contributed by atoms with E-state index in [9.17, 15) is 4.79 Å². The highest BCUT2D eigenvalue weighted by molar-refractivity contribution is 5.93.